The highest BCUT2D eigenvalue weighted by atomic mass is 35.7. The monoisotopic (exact) mass is 268 g/mol. The molecule has 2 unspecified atom stereocenters. The molecule has 0 aromatic rings. The van der Waals surface area contributed by atoms with E-state index in [-0.39, 0.29) is 17.8 Å². The molecule has 5 heteroatoms. The van der Waals surface area contributed by atoms with E-state index in [4.69, 9.17) is 15.4 Å². The highest BCUT2D eigenvalue weighted by Crippen LogP contribution is 2.34. The van der Waals surface area contributed by atoms with E-state index < -0.39 is 9.05 Å². The summed E-state index contributed by atoms with van der Waals surface area (Å²) in [5.41, 5.74) is 0. The van der Waals surface area contributed by atoms with Gasteiger partial charge in [0.05, 0.1) is 18.5 Å². The molecule has 0 bridgehead atoms. The Bertz CT molecular complexity index is 298. The predicted molar refractivity (Wildman–Crippen MR) is 66.2 cm³/mol. The number of halogens is 1. The van der Waals surface area contributed by atoms with Crippen LogP contribution >= 0.6 is 10.7 Å². The molecule has 1 fully saturated rings. The number of hydrogen-bond acceptors (Lipinski definition) is 3. The van der Waals surface area contributed by atoms with Crippen molar-refractivity contribution in [2.75, 3.05) is 12.4 Å². The van der Waals surface area contributed by atoms with Gasteiger partial charge in [-0.1, -0.05) is 13.3 Å². The van der Waals surface area contributed by atoms with E-state index in [9.17, 15) is 8.42 Å². The Morgan fingerprint density at radius 2 is 2.06 bits per heavy atom. The van der Waals surface area contributed by atoms with Gasteiger partial charge in [-0.25, -0.2) is 8.42 Å². The van der Waals surface area contributed by atoms with E-state index in [0.717, 1.165) is 12.8 Å². The Morgan fingerprint density at radius 3 is 2.50 bits per heavy atom. The molecule has 2 atom stereocenters. The van der Waals surface area contributed by atoms with Crippen LogP contribution in [-0.2, 0) is 13.8 Å². The van der Waals surface area contributed by atoms with Gasteiger partial charge in [-0.15, -0.1) is 0 Å². The van der Waals surface area contributed by atoms with Crippen molar-refractivity contribution >= 4 is 19.7 Å². The Hall–Kier alpha value is 0.200. The summed E-state index contributed by atoms with van der Waals surface area (Å²) in [6, 6.07) is 0. The lowest BCUT2D eigenvalue weighted by molar-refractivity contribution is 0.0298. The highest BCUT2D eigenvalue weighted by Gasteiger charge is 2.29. The molecular formula is C11H21ClO3S. The first-order valence-electron chi connectivity index (χ1n) is 5.96. The summed E-state index contributed by atoms with van der Waals surface area (Å²) >= 11 is 0. The minimum absolute atomic E-state index is 0.0276. The van der Waals surface area contributed by atoms with Crippen LogP contribution in [0.2, 0.25) is 0 Å². The van der Waals surface area contributed by atoms with Crippen LogP contribution in [0.15, 0.2) is 0 Å². The van der Waals surface area contributed by atoms with Crippen LogP contribution in [0.1, 0.15) is 39.5 Å². The van der Waals surface area contributed by atoms with Gasteiger partial charge in [0.15, 0.2) is 0 Å². The highest BCUT2D eigenvalue weighted by molar-refractivity contribution is 8.13. The molecule has 0 N–H and O–H groups in total. The third-order valence-electron chi connectivity index (χ3n) is 3.01. The zero-order valence-corrected chi connectivity index (χ0v) is 11.6. The molecule has 0 aromatic carbocycles. The lowest BCUT2D eigenvalue weighted by Gasteiger charge is -2.18. The third-order valence-corrected chi connectivity index (χ3v) is 4.26. The molecule has 1 saturated carbocycles. The zero-order chi connectivity index (χ0) is 12.2. The number of hydrogen-bond donors (Lipinski definition) is 0. The van der Waals surface area contributed by atoms with Crippen LogP contribution in [0.4, 0.5) is 0 Å². The SMILES string of the molecule is CCCC(COC(C)C1CC1)CS(=O)(=O)Cl. The van der Waals surface area contributed by atoms with Crippen molar-refractivity contribution in [3.05, 3.63) is 0 Å². The topological polar surface area (TPSA) is 43.4 Å². The summed E-state index contributed by atoms with van der Waals surface area (Å²) in [6.45, 7) is 4.62. The molecule has 1 aliphatic rings. The predicted octanol–water partition coefficient (Wildman–Crippen LogP) is 2.79. The zero-order valence-electron chi connectivity index (χ0n) is 9.99. The Morgan fingerprint density at radius 1 is 1.44 bits per heavy atom. The molecule has 1 aliphatic carbocycles. The minimum atomic E-state index is -3.41. The average Bonchev–Trinajstić information content (AvgIpc) is 2.94. The van der Waals surface area contributed by atoms with E-state index in [1.54, 1.807) is 0 Å². The third kappa shape index (κ3) is 6.06. The Labute approximate surface area is 103 Å². The summed E-state index contributed by atoms with van der Waals surface area (Å²) in [4.78, 5) is 0. The fraction of sp³-hybridized carbons (Fsp3) is 1.00. The number of rotatable bonds is 8. The molecule has 0 radical (unpaired) electrons. The van der Waals surface area contributed by atoms with Crippen LogP contribution in [0, 0.1) is 11.8 Å². The van der Waals surface area contributed by atoms with Crippen LogP contribution in [0.5, 0.6) is 0 Å². The maximum Gasteiger partial charge on any atom is 0.232 e. The lowest BCUT2D eigenvalue weighted by Crippen LogP contribution is -2.22. The van der Waals surface area contributed by atoms with Gasteiger partial charge in [0.2, 0.25) is 9.05 Å². The summed E-state index contributed by atoms with van der Waals surface area (Å²) in [6.07, 6.45) is 4.56. The average molecular weight is 269 g/mol. The van der Waals surface area contributed by atoms with Gasteiger partial charge in [-0.05, 0) is 38.0 Å². The van der Waals surface area contributed by atoms with Crippen molar-refractivity contribution in [3.63, 3.8) is 0 Å². The van der Waals surface area contributed by atoms with Crippen LogP contribution in [-0.4, -0.2) is 26.9 Å². The van der Waals surface area contributed by atoms with Crippen molar-refractivity contribution in [2.45, 2.75) is 45.6 Å². The lowest BCUT2D eigenvalue weighted by atomic mass is 10.1. The number of ether oxygens (including phenoxy) is 1. The van der Waals surface area contributed by atoms with Crippen LogP contribution < -0.4 is 0 Å². The molecule has 0 spiro atoms. The molecule has 1 rings (SSSR count). The molecule has 0 heterocycles. The van der Waals surface area contributed by atoms with Crippen molar-refractivity contribution in [1.29, 1.82) is 0 Å². The largest absolute Gasteiger partial charge is 0.378 e. The summed E-state index contributed by atoms with van der Waals surface area (Å²) in [5.74, 6) is 0.753. The van der Waals surface area contributed by atoms with Gasteiger partial charge >= 0.3 is 0 Å². The normalized spacial score (nSPS) is 20.7. The summed E-state index contributed by atoms with van der Waals surface area (Å²) in [5, 5.41) is 0. The van der Waals surface area contributed by atoms with Gasteiger partial charge in [-0.2, -0.15) is 0 Å². The van der Waals surface area contributed by atoms with Gasteiger partial charge in [0.1, 0.15) is 0 Å². The quantitative estimate of drug-likeness (QED) is 0.636. The van der Waals surface area contributed by atoms with E-state index >= 15 is 0 Å². The molecule has 0 aliphatic heterocycles. The molecule has 0 amide bonds. The van der Waals surface area contributed by atoms with Gasteiger partial charge in [0, 0.05) is 10.7 Å². The van der Waals surface area contributed by atoms with E-state index in [2.05, 4.69) is 6.92 Å². The molecular weight excluding hydrogens is 248 g/mol. The fourth-order valence-electron chi connectivity index (χ4n) is 1.89. The van der Waals surface area contributed by atoms with Crippen molar-refractivity contribution in [2.24, 2.45) is 11.8 Å². The summed E-state index contributed by atoms with van der Waals surface area (Å²) < 4.78 is 27.7. The fourth-order valence-corrected chi connectivity index (χ4v) is 3.25. The first-order chi connectivity index (χ1) is 7.42. The summed E-state index contributed by atoms with van der Waals surface area (Å²) in [7, 11) is 1.86. The second-order valence-corrected chi connectivity index (χ2v) is 7.56. The minimum Gasteiger partial charge on any atom is -0.378 e. The maximum atomic E-state index is 11.0. The van der Waals surface area contributed by atoms with Crippen LogP contribution in [0.3, 0.4) is 0 Å². The van der Waals surface area contributed by atoms with Gasteiger partial charge in [0.25, 0.3) is 0 Å². The van der Waals surface area contributed by atoms with E-state index in [0.29, 0.717) is 12.5 Å². The van der Waals surface area contributed by atoms with E-state index in [1.807, 2.05) is 6.92 Å². The molecule has 16 heavy (non-hydrogen) atoms. The van der Waals surface area contributed by atoms with Gasteiger partial charge < -0.3 is 4.74 Å². The van der Waals surface area contributed by atoms with Crippen LogP contribution in [0.25, 0.3) is 0 Å². The van der Waals surface area contributed by atoms with Crippen molar-refractivity contribution < 1.29 is 13.2 Å². The Balaban J connectivity index is 2.31. The standard InChI is InChI=1S/C11H21ClO3S/c1-3-4-10(8-16(12,13)14)7-15-9(2)11-5-6-11/h9-11H,3-8H2,1-2H3. The second kappa shape index (κ2) is 6.22. The maximum absolute atomic E-state index is 11.0. The Kier molecular flexibility index (Phi) is 5.54. The molecule has 3 nitrogen and oxygen atoms in total. The molecule has 0 saturated heterocycles. The van der Waals surface area contributed by atoms with Crippen molar-refractivity contribution in [3.8, 4) is 0 Å². The van der Waals surface area contributed by atoms with Gasteiger partial charge in [-0.3, -0.25) is 0 Å². The molecule has 96 valence electrons. The second-order valence-electron chi connectivity index (χ2n) is 4.74. The molecule has 0 aromatic heterocycles. The first kappa shape index (κ1) is 14.3. The van der Waals surface area contributed by atoms with Crippen molar-refractivity contribution in [1.82, 2.24) is 0 Å². The van der Waals surface area contributed by atoms with E-state index in [1.165, 1.54) is 12.8 Å². The first-order valence-corrected chi connectivity index (χ1v) is 8.44. The smallest absolute Gasteiger partial charge is 0.232 e.